The van der Waals surface area contributed by atoms with Crippen molar-refractivity contribution in [2.75, 3.05) is 19.1 Å². The molecular weight excluding hydrogens is 600 g/mol. The van der Waals surface area contributed by atoms with Crippen molar-refractivity contribution >= 4 is 60.1 Å². The van der Waals surface area contributed by atoms with Crippen LogP contribution in [0.25, 0.3) is 16.0 Å². The van der Waals surface area contributed by atoms with Gasteiger partial charge in [0.2, 0.25) is 0 Å². The number of ketones is 1. The molecule has 2 aliphatic heterocycles. The van der Waals surface area contributed by atoms with Crippen LogP contribution in [0.1, 0.15) is 29.7 Å². The Morgan fingerprint density at radius 3 is 2.67 bits per heavy atom. The number of fused-ring (bicyclic) bond motifs is 2. The number of carbonyl (C=O) groups is 2. The molecule has 2 N–H and O–H groups in total. The Hall–Kier alpha value is -4.09. The molecule has 1 aromatic heterocycles. The van der Waals surface area contributed by atoms with E-state index in [1.165, 1.54) is 29.4 Å². The van der Waals surface area contributed by atoms with E-state index in [-0.39, 0.29) is 34.1 Å². The Kier molecular flexibility index (Phi) is 6.42. The van der Waals surface area contributed by atoms with Crippen LogP contribution in [0.5, 0.6) is 23.0 Å². The maximum absolute atomic E-state index is 13.6. The Balaban J connectivity index is 1.57. The number of aromatic hydroxyl groups is 1. The number of benzene rings is 3. The van der Waals surface area contributed by atoms with Crippen molar-refractivity contribution < 1.29 is 34.0 Å². The summed E-state index contributed by atoms with van der Waals surface area (Å²) in [6, 6.07) is 12.6. The lowest BCUT2D eigenvalue weighted by molar-refractivity contribution is -0.132. The van der Waals surface area contributed by atoms with Gasteiger partial charge >= 0.3 is 5.91 Å². The molecule has 2 aliphatic rings. The Bertz CT molecular complexity index is 1750. The minimum atomic E-state index is -1.06. The molecule has 3 heterocycles. The molecule has 0 bridgehead atoms. The average molecular weight is 623 g/mol. The van der Waals surface area contributed by atoms with E-state index in [1.54, 1.807) is 49.6 Å². The van der Waals surface area contributed by atoms with E-state index in [4.69, 9.17) is 14.2 Å². The number of Topliss-reactive ketones (excluding diaryl/α,β-unsaturated/α-hetero) is 1. The summed E-state index contributed by atoms with van der Waals surface area (Å²) in [7, 11) is 2.96. The number of rotatable bonds is 5. The minimum absolute atomic E-state index is 0.00236. The van der Waals surface area contributed by atoms with E-state index in [0.29, 0.717) is 33.3 Å². The van der Waals surface area contributed by atoms with Crippen molar-refractivity contribution in [3.63, 3.8) is 0 Å². The zero-order chi connectivity index (χ0) is 28.3. The lowest BCUT2D eigenvalue weighted by atomic mass is 9.94. The molecule has 40 heavy (non-hydrogen) atoms. The van der Waals surface area contributed by atoms with Crippen LogP contribution in [0.4, 0.5) is 5.13 Å². The summed E-state index contributed by atoms with van der Waals surface area (Å²) >= 11 is 4.56. The van der Waals surface area contributed by atoms with Gasteiger partial charge in [-0.1, -0.05) is 11.3 Å². The summed E-state index contributed by atoms with van der Waals surface area (Å²) < 4.78 is 17.5. The average Bonchev–Trinajstić information content (AvgIpc) is 3.61. The monoisotopic (exact) mass is 622 g/mol. The Labute approximate surface area is 241 Å². The first-order valence-electron chi connectivity index (χ1n) is 12.3. The normalized spacial score (nSPS) is 19.6. The maximum Gasteiger partial charge on any atom is 0.301 e. The fourth-order valence-corrected chi connectivity index (χ4v) is 6.58. The van der Waals surface area contributed by atoms with Crippen molar-refractivity contribution in [2.24, 2.45) is 0 Å². The molecular formula is C29H23BrN2O7S. The van der Waals surface area contributed by atoms with Gasteiger partial charge in [-0.3, -0.25) is 14.5 Å². The van der Waals surface area contributed by atoms with Gasteiger partial charge in [0, 0.05) is 12.0 Å². The van der Waals surface area contributed by atoms with Gasteiger partial charge in [0.25, 0.3) is 5.78 Å². The fraction of sp³-hybridized carbons (Fsp3) is 0.207. The summed E-state index contributed by atoms with van der Waals surface area (Å²) in [5, 5.41) is 22.3. The first-order valence-corrected chi connectivity index (χ1v) is 13.9. The van der Waals surface area contributed by atoms with Gasteiger partial charge in [0.1, 0.15) is 23.4 Å². The number of aliphatic hydroxyl groups is 1. The highest BCUT2D eigenvalue weighted by atomic mass is 79.9. The number of phenolic OH excluding ortho intramolecular Hbond substituents is 1. The van der Waals surface area contributed by atoms with Gasteiger partial charge in [-0.05, 0) is 82.5 Å². The third-order valence-corrected chi connectivity index (χ3v) is 8.61. The Morgan fingerprint density at radius 1 is 1.12 bits per heavy atom. The number of aromatic nitrogens is 1. The highest BCUT2D eigenvalue weighted by Gasteiger charge is 2.48. The number of anilines is 1. The highest BCUT2D eigenvalue weighted by molar-refractivity contribution is 9.10. The number of ether oxygens (including phenoxy) is 3. The number of halogens is 1. The van der Waals surface area contributed by atoms with Crippen LogP contribution in [0.2, 0.25) is 0 Å². The molecule has 3 aromatic carbocycles. The van der Waals surface area contributed by atoms with Crippen molar-refractivity contribution in [1.29, 1.82) is 0 Å². The maximum atomic E-state index is 13.6. The number of phenols is 1. The van der Waals surface area contributed by atoms with Gasteiger partial charge in [-0.15, -0.1) is 0 Å². The van der Waals surface area contributed by atoms with E-state index < -0.39 is 17.7 Å². The van der Waals surface area contributed by atoms with E-state index >= 15 is 0 Å². The Morgan fingerprint density at radius 2 is 1.93 bits per heavy atom. The molecule has 0 saturated carbocycles. The number of carbonyl (C=O) groups excluding carboxylic acids is 2. The molecule has 9 nitrogen and oxygen atoms in total. The molecule has 0 aliphatic carbocycles. The molecule has 1 saturated heterocycles. The van der Waals surface area contributed by atoms with Gasteiger partial charge in [-0.2, -0.15) is 0 Å². The van der Waals surface area contributed by atoms with Crippen LogP contribution in [0.3, 0.4) is 0 Å². The standard InChI is InChI=1S/C29H23BrN2O7S/c1-13-8-15-9-14(4-7-20(15)39-13)25(33)23-24(16-10-18(30)26(34)21(11-16)38-3)32(28(36)27(23)35)29-31-19-6-5-17(37-2)12-22(19)40-29/h4-7,9-13,24,33-34H,8H2,1-3H3/b25-23+/t13-,24+/m0/s1. The quantitative estimate of drug-likeness (QED) is 0.164. The molecule has 2 atom stereocenters. The number of amides is 1. The summed E-state index contributed by atoms with van der Waals surface area (Å²) in [5.41, 5.74) is 2.24. The number of hydrogen-bond acceptors (Lipinski definition) is 9. The third-order valence-electron chi connectivity index (χ3n) is 6.99. The predicted molar refractivity (Wildman–Crippen MR) is 154 cm³/mol. The fourth-order valence-electron chi connectivity index (χ4n) is 5.10. The molecule has 1 fully saturated rings. The number of hydrogen-bond donors (Lipinski definition) is 2. The van der Waals surface area contributed by atoms with E-state index in [2.05, 4.69) is 20.9 Å². The lowest BCUT2D eigenvalue weighted by Crippen LogP contribution is -2.29. The second-order valence-corrected chi connectivity index (χ2v) is 11.4. The van der Waals surface area contributed by atoms with Gasteiger partial charge in [0.15, 0.2) is 16.6 Å². The van der Waals surface area contributed by atoms with E-state index in [0.717, 1.165) is 16.0 Å². The molecule has 0 spiro atoms. The second kappa shape index (κ2) is 9.83. The smallest absolute Gasteiger partial charge is 0.301 e. The van der Waals surface area contributed by atoms with Gasteiger partial charge in [-0.25, -0.2) is 4.98 Å². The largest absolute Gasteiger partial charge is 0.507 e. The molecule has 4 aromatic rings. The molecule has 204 valence electrons. The highest BCUT2D eigenvalue weighted by Crippen LogP contribution is 2.47. The van der Waals surface area contributed by atoms with Crippen molar-refractivity contribution in [3.8, 4) is 23.0 Å². The van der Waals surface area contributed by atoms with Crippen LogP contribution in [0.15, 0.2) is 58.6 Å². The van der Waals surface area contributed by atoms with Crippen molar-refractivity contribution in [3.05, 3.63) is 75.3 Å². The summed E-state index contributed by atoms with van der Waals surface area (Å²) in [6.45, 7) is 1.95. The van der Waals surface area contributed by atoms with Gasteiger partial charge in [0.05, 0.1) is 40.5 Å². The van der Waals surface area contributed by atoms with Crippen LogP contribution in [-0.4, -0.2) is 47.2 Å². The molecule has 0 unspecified atom stereocenters. The number of methoxy groups -OCH3 is 2. The first kappa shape index (κ1) is 26.1. The number of aliphatic hydroxyl groups excluding tert-OH is 1. The second-order valence-electron chi connectivity index (χ2n) is 9.51. The molecule has 1 amide bonds. The topological polar surface area (TPSA) is 118 Å². The van der Waals surface area contributed by atoms with Crippen LogP contribution < -0.4 is 19.1 Å². The lowest BCUT2D eigenvalue weighted by Gasteiger charge is -2.24. The third kappa shape index (κ3) is 4.16. The van der Waals surface area contributed by atoms with Crippen molar-refractivity contribution in [1.82, 2.24) is 4.98 Å². The summed E-state index contributed by atoms with van der Waals surface area (Å²) in [4.78, 5) is 33.2. The van der Waals surface area contributed by atoms with Crippen LogP contribution >= 0.6 is 27.3 Å². The molecule has 11 heteroatoms. The van der Waals surface area contributed by atoms with Crippen LogP contribution in [0, 0.1) is 0 Å². The number of thiazole rings is 1. The molecule has 6 rings (SSSR count). The van der Waals surface area contributed by atoms with Crippen molar-refractivity contribution in [2.45, 2.75) is 25.5 Å². The summed E-state index contributed by atoms with van der Waals surface area (Å²) in [6.07, 6.45) is 0.656. The first-order chi connectivity index (χ1) is 19.2. The van der Waals surface area contributed by atoms with Crippen LogP contribution in [-0.2, 0) is 16.0 Å². The predicted octanol–water partition coefficient (Wildman–Crippen LogP) is 5.73. The van der Waals surface area contributed by atoms with E-state index in [1.807, 2.05) is 6.92 Å². The zero-order valence-electron chi connectivity index (χ0n) is 21.6. The zero-order valence-corrected chi connectivity index (χ0v) is 24.0. The SMILES string of the molecule is COc1ccc2nc(N3C(=O)C(=O)/C(=C(/O)c4ccc5c(c4)C[C@H](C)O5)[C@H]3c3cc(Br)c(O)c(OC)c3)sc2c1. The summed E-state index contributed by atoms with van der Waals surface area (Å²) in [5.74, 6) is -0.664. The van der Waals surface area contributed by atoms with Gasteiger partial charge < -0.3 is 24.4 Å². The number of nitrogens with zero attached hydrogens (tertiary/aromatic N) is 2. The minimum Gasteiger partial charge on any atom is -0.507 e. The van der Waals surface area contributed by atoms with E-state index in [9.17, 15) is 19.8 Å². The molecule has 0 radical (unpaired) electrons.